The minimum Gasteiger partial charge on any atom is -0.324 e. The summed E-state index contributed by atoms with van der Waals surface area (Å²) in [6.07, 6.45) is 3.15. The molecule has 4 nitrogen and oxygen atoms in total. The second-order valence-corrected chi connectivity index (χ2v) is 11.2. The normalized spacial score (nSPS) is 27.0. The highest BCUT2D eigenvalue weighted by Gasteiger charge is 2.69. The number of nitrogens with zero attached hydrogens (tertiary/aromatic N) is 1. The van der Waals surface area contributed by atoms with Crippen LogP contribution in [-0.4, -0.2) is 34.3 Å². The second-order valence-electron chi connectivity index (χ2n) is 9.29. The predicted molar refractivity (Wildman–Crippen MR) is 140 cm³/mol. The number of ketones is 1. The van der Waals surface area contributed by atoms with Crippen molar-refractivity contribution in [2.45, 2.75) is 17.5 Å². The topological polar surface area (TPSA) is 49.4 Å². The van der Waals surface area contributed by atoms with Crippen LogP contribution in [0.1, 0.15) is 22.6 Å². The molecule has 0 saturated carbocycles. The Bertz CT molecular complexity index is 1400. The van der Waals surface area contributed by atoms with E-state index in [1.54, 1.807) is 42.1 Å². The van der Waals surface area contributed by atoms with Crippen molar-refractivity contribution in [1.29, 1.82) is 0 Å². The monoisotopic (exact) mass is 566 g/mol. The zero-order valence-electron chi connectivity index (χ0n) is 19.0. The first kappa shape index (κ1) is 23.6. The van der Waals surface area contributed by atoms with Crippen LogP contribution in [-0.2, 0) is 15.1 Å². The number of amides is 1. The van der Waals surface area contributed by atoms with Gasteiger partial charge in [-0.05, 0) is 59.7 Å². The highest BCUT2D eigenvalue weighted by molar-refractivity contribution is 9.10. The van der Waals surface area contributed by atoms with Gasteiger partial charge in [0.05, 0.1) is 5.92 Å². The third kappa shape index (κ3) is 3.57. The van der Waals surface area contributed by atoms with Crippen LogP contribution in [0.3, 0.4) is 0 Å². The van der Waals surface area contributed by atoms with E-state index in [1.807, 2.05) is 18.2 Å². The van der Waals surface area contributed by atoms with Crippen molar-refractivity contribution in [1.82, 2.24) is 4.90 Å². The van der Waals surface area contributed by atoms with Gasteiger partial charge < -0.3 is 5.32 Å². The van der Waals surface area contributed by atoms with E-state index < -0.39 is 11.5 Å². The van der Waals surface area contributed by atoms with Gasteiger partial charge in [0.1, 0.15) is 17.2 Å². The molecule has 2 saturated heterocycles. The predicted octanol–water partition coefficient (Wildman–Crippen LogP) is 5.95. The number of nitrogens with one attached hydrogen (secondary N) is 1. The molecule has 4 atom stereocenters. The lowest BCUT2D eigenvalue weighted by Gasteiger charge is -2.36. The number of thioether (sulfide) groups is 1. The van der Waals surface area contributed by atoms with Gasteiger partial charge in [-0.3, -0.25) is 14.5 Å². The van der Waals surface area contributed by atoms with Crippen LogP contribution in [0.2, 0.25) is 0 Å². The van der Waals surface area contributed by atoms with Crippen molar-refractivity contribution in [2.24, 2.45) is 5.92 Å². The van der Waals surface area contributed by atoms with E-state index in [0.717, 1.165) is 21.4 Å². The maximum Gasteiger partial charge on any atom is 0.250 e. The molecule has 0 aromatic heterocycles. The molecule has 3 aromatic carbocycles. The van der Waals surface area contributed by atoms with Crippen molar-refractivity contribution >= 4 is 51.1 Å². The molecule has 182 valence electrons. The molecule has 1 spiro atoms. The lowest BCUT2D eigenvalue weighted by Crippen LogP contribution is -2.52. The van der Waals surface area contributed by atoms with Crippen LogP contribution in [0.5, 0.6) is 0 Å². The summed E-state index contributed by atoms with van der Waals surface area (Å²) in [6, 6.07) is 17.7. The molecular formula is C28H21BrF2N2O2S. The zero-order valence-corrected chi connectivity index (χ0v) is 21.4. The smallest absolute Gasteiger partial charge is 0.250 e. The van der Waals surface area contributed by atoms with Gasteiger partial charge in [0, 0.05) is 39.3 Å². The Morgan fingerprint density at radius 3 is 2.47 bits per heavy atom. The van der Waals surface area contributed by atoms with Crippen molar-refractivity contribution in [2.75, 3.05) is 16.9 Å². The van der Waals surface area contributed by atoms with Gasteiger partial charge in [0.15, 0.2) is 5.78 Å². The number of anilines is 1. The molecule has 0 bridgehead atoms. The summed E-state index contributed by atoms with van der Waals surface area (Å²) in [6.45, 7) is 0. The maximum atomic E-state index is 14.1. The minimum absolute atomic E-state index is 0.0793. The van der Waals surface area contributed by atoms with Crippen LogP contribution >= 0.6 is 27.7 Å². The molecule has 6 rings (SSSR count). The number of hydrogen-bond acceptors (Lipinski definition) is 4. The van der Waals surface area contributed by atoms with E-state index in [-0.39, 0.29) is 35.3 Å². The molecule has 2 fully saturated rings. The molecule has 3 aliphatic rings. The minimum atomic E-state index is -1.20. The molecule has 1 N–H and O–H groups in total. The summed E-state index contributed by atoms with van der Waals surface area (Å²) in [5.74, 6) is -0.817. The van der Waals surface area contributed by atoms with Crippen LogP contribution < -0.4 is 5.32 Å². The Balaban J connectivity index is 1.53. The molecule has 3 heterocycles. The number of carbonyl (C=O) groups excluding carboxylic acids is 2. The summed E-state index contributed by atoms with van der Waals surface area (Å²) >= 11 is 5.28. The van der Waals surface area contributed by atoms with Gasteiger partial charge in [0.2, 0.25) is 5.91 Å². The van der Waals surface area contributed by atoms with Crippen LogP contribution in [0.4, 0.5) is 14.5 Å². The maximum absolute atomic E-state index is 14.1. The SMILES string of the molecule is O=C(/C=C/c1ccc(F)cc1)[C@H]1[C@H](c2ccc(F)cc2)[C@H]2CSCN2[C@]12C(=O)Nc1ccc(Br)cc12. The number of halogens is 3. The van der Waals surface area contributed by atoms with Crippen molar-refractivity contribution < 1.29 is 18.4 Å². The first-order valence-corrected chi connectivity index (χ1v) is 13.5. The van der Waals surface area contributed by atoms with Gasteiger partial charge in [-0.1, -0.05) is 46.3 Å². The Kier molecular flexibility index (Phi) is 5.85. The van der Waals surface area contributed by atoms with Gasteiger partial charge in [-0.15, -0.1) is 11.8 Å². The number of hydrogen-bond donors (Lipinski definition) is 1. The van der Waals surface area contributed by atoms with Gasteiger partial charge >= 0.3 is 0 Å². The van der Waals surface area contributed by atoms with Crippen LogP contribution in [0.15, 0.2) is 77.3 Å². The number of carbonyl (C=O) groups is 2. The summed E-state index contributed by atoms with van der Waals surface area (Å²) in [4.78, 5) is 30.2. The molecule has 0 aliphatic carbocycles. The molecule has 3 aliphatic heterocycles. The first-order chi connectivity index (χ1) is 17.4. The highest BCUT2D eigenvalue weighted by Crippen LogP contribution is 2.61. The lowest BCUT2D eigenvalue weighted by atomic mass is 9.70. The van der Waals surface area contributed by atoms with E-state index >= 15 is 0 Å². The Morgan fingerprint density at radius 2 is 1.75 bits per heavy atom. The van der Waals surface area contributed by atoms with Crippen LogP contribution in [0, 0.1) is 17.6 Å². The zero-order chi connectivity index (χ0) is 25.0. The van der Waals surface area contributed by atoms with E-state index in [1.165, 1.54) is 30.3 Å². The van der Waals surface area contributed by atoms with Crippen LogP contribution in [0.25, 0.3) is 6.08 Å². The molecule has 1 amide bonds. The molecule has 36 heavy (non-hydrogen) atoms. The number of allylic oxidation sites excluding steroid dienone is 1. The summed E-state index contributed by atoms with van der Waals surface area (Å²) in [5.41, 5.74) is 1.78. The second kappa shape index (κ2) is 8.94. The van der Waals surface area contributed by atoms with Crippen molar-refractivity contribution in [3.8, 4) is 0 Å². The van der Waals surface area contributed by atoms with E-state index in [0.29, 0.717) is 17.1 Å². The van der Waals surface area contributed by atoms with Gasteiger partial charge in [-0.2, -0.15) is 0 Å². The highest BCUT2D eigenvalue weighted by atomic mass is 79.9. The Morgan fingerprint density at radius 1 is 1.06 bits per heavy atom. The van der Waals surface area contributed by atoms with Gasteiger partial charge in [0.25, 0.3) is 0 Å². The summed E-state index contributed by atoms with van der Waals surface area (Å²) in [7, 11) is 0. The molecule has 8 heteroatoms. The average Bonchev–Trinajstić information content (AvgIpc) is 3.53. The standard InChI is InChI=1S/C28H21BrF2N2O2S/c29-18-6-11-22-21(13-18)28(27(35)32-22)26(24(34)12-3-16-1-7-19(30)8-2-16)25(23-14-36-15-33(23)28)17-4-9-20(31)10-5-17/h1-13,23,25-26H,14-15H2,(H,32,35)/b12-3+/t23-,25-,26+,28+/m1/s1. The number of benzene rings is 3. The molecule has 0 unspecified atom stereocenters. The molecule has 3 aromatic rings. The fourth-order valence-electron chi connectivity index (χ4n) is 5.99. The fourth-order valence-corrected chi connectivity index (χ4v) is 7.68. The molecule has 0 radical (unpaired) electrons. The van der Waals surface area contributed by atoms with E-state index in [9.17, 15) is 18.4 Å². The quantitative estimate of drug-likeness (QED) is 0.397. The van der Waals surface area contributed by atoms with E-state index in [2.05, 4.69) is 26.1 Å². The lowest BCUT2D eigenvalue weighted by molar-refractivity contribution is -0.134. The first-order valence-electron chi connectivity index (χ1n) is 11.6. The van der Waals surface area contributed by atoms with Crippen molar-refractivity contribution in [3.63, 3.8) is 0 Å². The fraction of sp³-hybridized carbons (Fsp3) is 0.214. The van der Waals surface area contributed by atoms with Gasteiger partial charge in [-0.25, -0.2) is 8.78 Å². The van der Waals surface area contributed by atoms with Crippen molar-refractivity contribution in [3.05, 3.63) is 106 Å². The Labute approximate surface area is 219 Å². The third-order valence-electron chi connectivity index (χ3n) is 7.45. The average molecular weight is 567 g/mol. The Hall–Kier alpha value is -2.81. The largest absolute Gasteiger partial charge is 0.324 e. The molecular weight excluding hydrogens is 546 g/mol. The van der Waals surface area contributed by atoms with E-state index in [4.69, 9.17) is 0 Å². The summed E-state index contributed by atoms with van der Waals surface area (Å²) in [5, 5.41) is 3.03. The summed E-state index contributed by atoms with van der Waals surface area (Å²) < 4.78 is 28.0. The third-order valence-corrected chi connectivity index (χ3v) is 8.99. The number of rotatable bonds is 4. The number of fused-ring (bicyclic) bond motifs is 4.